The molecule has 0 radical (unpaired) electrons. The molecule has 4 heteroatoms. The van der Waals surface area contributed by atoms with Gasteiger partial charge in [0.15, 0.2) is 0 Å². The Balaban J connectivity index is 3.44. The number of rotatable bonds is 2. The first-order valence-electron chi connectivity index (χ1n) is 3.93. The molecule has 1 rings (SSSR count). The highest BCUT2D eigenvalue weighted by Gasteiger charge is 2.13. The number of benzene rings is 1. The van der Waals surface area contributed by atoms with Crippen molar-refractivity contribution < 1.29 is 9.90 Å². The fourth-order valence-electron chi connectivity index (χ4n) is 1.31. The molecule has 0 amide bonds. The summed E-state index contributed by atoms with van der Waals surface area (Å²) in [6.07, 6.45) is 0. The standard InChI is InChI=1S/C10H8ClNO2/c1-6-2-7(4-11)3-8(5-12)9(6)10(13)14/h2-3H,4H2,1H3,(H,13,14). The van der Waals surface area contributed by atoms with Gasteiger partial charge in [0.2, 0.25) is 0 Å². The van der Waals surface area contributed by atoms with Crippen LogP contribution in [0.1, 0.15) is 27.0 Å². The van der Waals surface area contributed by atoms with E-state index in [1.807, 2.05) is 6.07 Å². The molecule has 0 fully saturated rings. The summed E-state index contributed by atoms with van der Waals surface area (Å²) in [7, 11) is 0. The van der Waals surface area contributed by atoms with Crippen LogP contribution < -0.4 is 0 Å². The number of nitriles is 1. The van der Waals surface area contributed by atoms with Crippen LogP contribution in [-0.4, -0.2) is 11.1 Å². The smallest absolute Gasteiger partial charge is 0.337 e. The van der Waals surface area contributed by atoms with Crippen LogP contribution in [0.15, 0.2) is 12.1 Å². The number of aryl methyl sites for hydroxylation is 1. The van der Waals surface area contributed by atoms with E-state index in [9.17, 15) is 4.79 Å². The zero-order chi connectivity index (χ0) is 10.7. The summed E-state index contributed by atoms with van der Waals surface area (Å²) in [6, 6.07) is 5.03. The van der Waals surface area contributed by atoms with E-state index in [0.29, 0.717) is 5.56 Å². The average molecular weight is 210 g/mol. The molecule has 14 heavy (non-hydrogen) atoms. The summed E-state index contributed by atoms with van der Waals surface area (Å²) in [4.78, 5) is 10.8. The molecule has 0 spiro atoms. The Morgan fingerprint density at radius 2 is 2.29 bits per heavy atom. The third-order valence-corrected chi connectivity index (χ3v) is 2.19. The number of nitrogens with zero attached hydrogens (tertiary/aromatic N) is 1. The molecule has 0 unspecified atom stereocenters. The van der Waals surface area contributed by atoms with E-state index < -0.39 is 5.97 Å². The van der Waals surface area contributed by atoms with Crippen LogP contribution in [-0.2, 0) is 5.88 Å². The largest absolute Gasteiger partial charge is 0.478 e. The normalized spacial score (nSPS) is 9.50. The minimum Gasteiger partial charge on any atom is -0.478 e. The lowest BCUT2D eigenvalue weighted by molar-refractivity contribution is 0.0696. The van der Waals surface area contributed by atoms with Crippen molar-refractivity contribution in [2.24, 2.45) is 0 Å². The van der Waals surface area contributed by atoms with E-state index in [-0.39, 0.29) is 17.0 Å². The summed E-state index contributed by atoms with van der Waals surface area (Å²) >= 11 is 5.60. The number of carboxylic acids is 1. The van der Waals surface area contributed by atoms with Gasteiger partial charge in [-0.2, -0.15) is 5.26 Å². The van der Waals surface area contributed by atoms with Crippen LogP contribution >= 0.6 is 11.6 Å². The van der Waals surface area contributed by atoms with Crippen molar-refractivity contribution in [1.82, 2.24) is 0 Å². The van der Waals surface area contributed by atoms with Crippen molar-refractivity contribution in [3.05, 3.63) is 34.4 Å². The maximum absolute atomic E-state index is 10.8. The molecular formula is C10H8ClNO2. The van der Waals surface area contributed by atoms with Gasteiger partial charge in [-0.05, 0) is 24.1 Å². The number of hydrogen-bond donors (Lipinski definition) is 1. The van der Waals surface area contributed by atoms with Crippen LogP contribution in [0.2, 0.25) is 0 Å². The fourth-order valence-corrected chi connectivity index (χ4v) is 1.47. The van der Waals surface area contributed by atoms with Crippen molar-refractivity contribution in [3.8, 4) is 6.07 Å². The molecule has 0 atom stereocenters. The predicted molar refractivity (Wildman–Crippen MR) is 52.4 cm³/mol. The molecule has 3 nitrogen and oxygen atoms in total. The van der Waals surface area contributed by atoms with E-state index in [0.717, 1.165) is 5.56 Å². The lowest BCUT2D eigenvalue weighted by Crippen LogP contribution is -2.04. The van der Waals surface area contributed by atoms with Crippen LogP contribution in [0, 0.1) is 18.3 Å². The second-order valence-corrected chi connectivity index (χ2v) is 3.15. The predicted octanol–water partition coefficient (Wildman–Crippen LogP) is 2.30. The molecule has 1 aromatic carbocycles. The topological polar surface area (TPSA) is 61.1 Å². The number of hydrogen-bond acceptors (Lipinski definition) is 2. The van der Waals surface area contributed by atoms with Gasteiger partial charge in [-0.1, -0.05) is 6.07 Å². The molecular weight excluding hydrogens is 202 g/mol. The number of aromatic carboxylic acids is 1. The van der Waals surface area contributed by atoms with Crippen LogP contribution in [0.5, 0.6) is 0 Å². The summed E-state index contributed by atoms with van der Waals surface area (Å²) in [5.41, 5.74) is 1.53. The zero-order valence-corrected chi connectivity index (χ0v) is 8.30. The molecule has 0 heterocycles. The fraction of sp³-hybridized carbons (Fsp3) is 0.200. The highest BCUT2D eigenvalue weighted by molar-refractivity contribution is 6.17. The Morgan fingerprint density at radius 1 is 1.64 bits per heavy atom. The molecule has 0 saturated carbocycles. The van der Waals surface area contributed by atoms with Crippen molar-refractivity contribution in [2.45, 2.75) is 12.8 Å². The summed E-state index contributed by atoms with van der Waals surface area (Å²) in [5, 5.41) is 17.6. The third kappa shape index (κ3) is 1.86. The van der Waals surface area contributed by atoms with Gasteiger partial charge in [0, 0.05) is 5.88 Å². The molecule has 1 aromatic rings. The molecule has 0 aliphatic heterocycles. The molecule has 0 saturated heterocycles. The van der Waals surface area contributed by atoms with Gasteiger partial charge in [0.1, 0.15) is 6.07 Å². The number of halogens is 1. The van der Waals surface area contributed by atoms with Crippen LogP contribution in [0.25, 0.3) is 0 Å². The third-order valence-electron chi connectivity index (χ3n) is 1.88. The van der Waals surface area contributed by atoms with E-state index in [2.05, 4.69) is 0 Å². The van der Waals surface area contributed by atoms with Gasteiger partial charge >= 0.3 is 5.97 Å². The Bertz CT molecular complexity index is 421. The maximum atomic E-state index is 10.8. The first-order chi connectivity index (χ1) is 6.60. The molecule has 0 bridgehead atoms. The maximum Gasteiger partial charge on any atom is 0.337 e. The highest BCUT2D eigenvalue weighted by Crippen LogP contribution is 2.18. The Kier molecular flexibility index (Phi) is 3.10. The average Bonchev–Trinajstić information content (AvgIpc) is 2.15. The van der Waals surface area contributed by atoms with Crippen molar-refractivity contribution in [3.63, 3.8) is 0 Å². The number of alkyl halides is 1. The van der Waals surface area contributed by atoms with Crippen LogP contribution in [0.3, 0.4) is 0 Å². The van der Waals surface area contributed by atoms with E-state index >= 15 is 0 Å². The summed E-state index contributed by atoms with van der Waals surface area (Å²) < 4.78 is 0. The van der Waals surface area contributed by atoms with Crippen molar-refractivity contribution in [2.75, 3.05) is 0 Å². The minimum absolute atomic E-state index is 0.0568. The Hall–Kier alpha value is -1.53. The number of carbonyl (C=O) groups is 1. The van der Waals surface area contributed by atoms with Gasteiger partial charge in [-0.15, -0.1) is 11.6 Å². The first kappa shape index (κ1) is 10.6. The Morgan fingerprint density at radius 3 is 2.71 bits per heavy atom. The van der Waals surface area contributed by atoms with Crippen molar-refractivity contribution >= 4 is 17.6 Å². The van der Waals surface area contributed by atoms with Gasteiger partial charge in [0.05, 0.1) is 11.1 Å². The summed E-state index contributed by atoms with van der Waals surface area (Å²) in [6.45, 7) is 1.65. The quantitative estimate of drug-likeness (QED) is 0.761. The molecule has 0 aliphatic carbocycles. The van der Waals surface area contributed by atoms with Gasteiger partial charge in [0.25, 0.3) is 0 Å². The molecule has 0 aliphatic rings. The van der Waals surface area contributed by atoms with E-state index in [1.54, 1.807) is 13.0 Å². The zero-order valence-electron chi connectivity index (χ0n) is 7.54. The lowest BCUT2D eigenvalue weighted by atomic mass is 10.00. The number of carboxylic acid groups (broad SMARTS) is 1. The van der Waals surface area contributed by atoms with Gasteiger partial charge in [-0.25, -0.2) is 4.79 Å². The molecule has 0 aromatic heterocycles. The Labute approximate surface area is 86.5 Å². The van der Waals surface area contributed by atoms with Gasteiger partial charge in [-0.3, -0.25) is 0 Å². The van der Waals surface area contributed by atoms with E-state index in [4.69, 9.17) is 22.0 Å². The first-order valence-corrected chi connectivity index (χ1v) is 4.46. The molecule has 1 N–H and O–H groups in total. The minimum atomic E-state index is -1.08. The second kappa shape index (κ2) is 4.12. The monoisotopic (exact) mass is 209 g/mol. The highest BCUT2D eigenvalue weighted by atomic mass is 35.5. The SMILES string of the molecule is Cc1cc(CCl)cc(C#N)c1C(=O)O. The second-order valence-electron chi connectivity index (χ2n) is 2.89. The molecule has 72 valence electrons. The summed E-state index contributed by atoms with van der Waals surface area (Å²) in [5.74, 6) is -0.810. The lowest BCUT2D eigenvalue weighted by Gasteiger charge is -2.05. The van der Waals surface area contributed by atoms with Crippen LogP contribution in [0.4, 0.5) is 0 Å². The van der Waals surface area contributed by atoms with E-state index in [1.165, 1.54) is 6.07 Å². The van der Waals surface area contributed by atoms with Gasteiger partial charge < -0.3 is 5.11 Å². The van der Waals surface area contributed by atoms with Crippen molar-refractivity contribution in [1.29, 1.82) is 5.26 Å².